The number of nitrogens with one attached hydrogen (secondary N) is 1. The number of aromatic nitrogens is 1. The van der Waals surface area contributed by atoms with Gasteiger partial charge in [0.05, 0.1) is 10.7 Å². The zero-order valence-corrected chi connectivity index (χ0v) is 14.6. The van der Waals surface area contributed by atoms with Crippen LogP contribution < -0.4 is 5.32 Å². The Morgan fingerprint density at radius 3 is 2.58 bits per heavy atom. The quantitative estimate of drug-likeness (QED) is 0.682. The van der Waals surface area contributed by atoms with Crippen LogP contribution in [0, 0.1) is 6.92 Å². The molecule has 2 N–H and O–H groups in total. The Kier molecular flexibility index (Phi) is 6.93. The zero-order valence-electron chi connectivity index (χ0n) is 13.7. The lowest BCUT2D eigenvalue weighted by molar-refractivity contribution is -0.137. The summed E-state index contributed by atoms with van der Waals surface area (Å²) in [5, 5.41) is 12.4. The summed E-state index contributed by atoms with van der Waals surface area (Å²) < 4.78 is 0. The first-order valence-electron chi connectivity index (χ1n) is 8.06. The zero-order chi connectivity index (χ0) is 17.4. The molecule has 1 amide bonds. The monoisotopic (exact) mass is 346 g/mol. The molecule has 1 heterocycles. The summed E-state index contributed by atoms with van der Waals surface area (Å²) in [6.45, 7) is 2.61. The average molecular weight is 346 g/mol. The van der Waals surface area contributed by atoms with Gasteiger partial charge in [-0.25, -0.2) is 4.98 Å². The van der Waals surface area contributed by atoms with Crippen molar-refractivity contribution >= 4 is 23.2 Å². The van der Waals surface area contributed by atoms with Crippen molar-refractivity contribution < 1.29 is 14.7 Å². The molecule has 0 aliphatic rings. The molecule has 0 spiro atoms. The first kappa shape index (κ1) is 18.1. The van der Waals surface area contributed by atoms with E-state index in [9.17, 15) is 9.59 Å². The molecule has 128 valence electrons. The first-order chi connectivity index (χ1) is 11.6. The summed E-state index contributed by atoms with van der Waals surface area (Å²) in [4.78, 5) is 27.9. The van der Waals surface area contributed by atoms with Crippen molar-refractivity contribution in [3.8, 4) is 11.3 Å². The van der Waals surface area contributed by atoms with E-state index in [-0.39, 0.29) is 12.3 Å². The normalized spacial score (nSPS) is 10.5. The fourth-order valence-corrected chi connectivity index (χ4v) is 3.34. The molecule has 1 aromatic carbocycles. The van der Waals surface area contributed by atoms with E-state index in [0.717, 1.165) is 16.3 Å². The largest absolute Gasteiger partial charge is 0.481 e. The summed E-state index contributed by atoms with van der Waals surface area (Å²) >= 11 is 1.66. The molecule has 6 heteroatoms. The van der Waals surface area contributed by atoms with Crippen LogP contribution in [0.2, 0.25) is 0 Å². The molecule has 2 rings (SSSR count). The number of thiazole rings is 1. The number of benzene rings is 1. The van der Waals surface area contributed by atoms with Crippen LogP contribution in [0.1, 0.15) is 35.6 Å². The van der Waals surface area contributed by atoms with Gasteiger partial charge >= 0.3 is 5.97 Å². The minimum absolute atomic E-state index is 0.0306. The van der Waals surface area contributed by atoms with E-state index in [1.165, 1.54) is 4.88 Å². The molecular formula is C18H22N2O3S. The van der Waals surface area contributed by atoms with Gasteiger partial charge in [-0.15, -0.1) is 11.3 Å². The molecule has 0 aliphatic heterocycles. The summed E-state index contributed by atoms with van der Waals surface area (Å²) in [5.74, 6) is -0.847. The summed E-state index contributed by atoms with van der Waals surface area (Å²) in [6, 6.07) is 10.1. The number of amides is 1. The Balaban J connectivity index is 1.75. The Morgan fingerprint density at radius 1 is 1.17 bits per heavy atom. The average Bonchev–Trinajstić information content (AvgIpc) is 2.93. The van der Waals surface area contributed by atoms with Gasteiger partial charge in [-0.05, 0) is 19.8 Å². The van der Waals surface area contributed by atoms with E-state index in [1.807, 2.05) is 30.3 Å². The highest BCUT2D eigenvalue weighted by atomic mass is 32.1. The van der Waals surface area contributed by atoms with Crippen LogP contribution in [-0.4, -0.2) is 28.5 Å². The van der Waals surface area contributed by atoms with Crippen LogP contribution in [0.3, 0.4) is 0 Å². The predicted octanol–water partition coefficient (Wildman–Crippen LogP) is 3.42. The van der Waals surface area contributed by atoms with Gasteiger partial charge in [0.1, 0.15) is 0 Å². The number of hydrogen-bond donors (Lipinski definition) is 2. The molecule has 1 aromatic heterocycles. The topological polar surface area (TPSA) is 79.3 Å². The van der Waals surface area contributed by atoms with E-state index >= 15 is 0 Å². The SMILES string of the molecule is Cc1sc(CCNC(=O)CCCCC(=O)O)nc1-c1ccccc1. The maximum Gasteiger partial charge on any atom is 0.303 e. The van der Waals surface area contributed by atoms with Crippen molar-refractivity contribution in [2.75, 3.05) is 6.54 Å². The van der Waals surface area contributed by atoms with E-state index in [1.54, 1.807) is 11.3 Å². The van der Waals surface area contributed by atoms with Crippen LogP contribution in [-0.2, 0) is 16.0 Å². The second-order valence-corrected chi connectivity index (χ2v) is 6.87. The Bertz CT molecular complexity index is 683. The second kappa shape index (κ2) is 9.17. The van der Waals surface area contributed by atoms with E-state index in [0.29, 0.717) is 32.2 Å². The number of hydrogen-bond acceptors (Lipinski definition) is 4. The summed E-state index contributed by atoms with van der Waals surface area (Å²) in [6.07, 6.45) is 2.34. The predicted molar refractivity (Wildman–Crippen MR) is 95.1 cm³/mol. The van der Waals surface area contributed by atoms with Crippen LogP contribution in [0.4, 0.5) is 0 Å². The van der Waals surface area contributed by atoms with Gasteiger partial charge in [-0.2, -0.15) is 0 Å². The van der Waals surface area contributed by atoms with E-state index in [4.69, 9.17) is 5.11 Å². The molecular weight excluding hydrogens is 324 g/mol. The number of carbonyl (C=O) groups excluding carboxylic acids is 1. The number of carbonyl (C=O) groups is 2. The van der Waals surface area contributed by atoms with Gasteiger partial charge in [0.15, 0.2) is 0 Å². The van der Waals surface area contributed by atoms with Crippen molar-refractivity contribution in [2.24, 2.45) is 0 Å². The Hall–Kier alpha value is -2.21. The standard InChI is InChI=1S/C18H22N2O3S/c1-13-18(14-7-3-2-4-8-14)20-16(24-13)11-12-19-15(21)9-5-6-10-17(22)23/h2-4,7-8H,5-6,9-12H2,1H3,(H,19,21)(H,22,23). The highest BCUT2D eigenvalue weighted by molar-refractivity contribution is 7.12. The van der Waals surface area contributed by atoms with Crippen molar-refractivity contribution in [1.29, 1.82) is 0 Å². The van der Waals surface area contributed by atoms with Crippen molar-refractivity contribution in [1.82, 2.24) is 10.3 Å². The van der Waals surface area contributed by atoms with Crippen molar-refractivity contribution in [2.45, 2.75) is 39.0 Å². The number of aryl methyl sites for hydroxylation is 1. The van der Waals surface area contributed by atoms with Crippen LogP contribution >= 0.6 is 11.3 Å². The third-order valence-electron chi connectivity index (χ3n) is 3.59. The molecule has 0 radical (unpaired) electrons. The van der Waals surface area contributed by atoms with Crippen LogP contribution in [0.25, 0.3) is 11.3 Å². The lowest BCUT2D eigenvalue weighted by Gasteiger charge is -2.03. The summed E-state index contributed by atoms with van der Waals surface area (Å²) in [7, 11) is 0. The number of unbranched alkanes of at least 4 members (excludes halogenated alkanes) is 1. The fraction of sp³-hybridized carbons (Fsp3) is 0.389. The molecule has 0 aliphatic carbocycles. The minimum atomic E-state index is -0.816. The number of carboxylic acids is 1. The molecule has 5 nitrogen and oxygen atoms in total. The van der Waals surface area contributed by atoms with E-state index in [2.05, 4.69) is 17.2 Å². The number of carboxylic acid groups (broad SMARTS) is 1. The van der Waals surface area contributed by atoms with Crippen LogP contribution in [0.5, 0.6) is 0 Å². The lowest BCUT2D eigenvalue weighted by Crippen LogP contribution is -2.25. The number of aliphatic carboxylic acids is 1. The Labute approximate surface area is 145 Å². The summed E-state index contributed by atoms with van der Waals surface area (Å²) in [5.41, 5.74) is 2.12. The van der Waals surface area contributed by atoms with Gasteiger partial charge in [0, 0.05) is 36.2 Å². The third-order valence-corrected chi connectivity index (χ3v) is 4.62. The first-order valence-corrected chi connectivity index (χ1v) is 8.88. The van der Waals surface area contributed by atoms with Crippen molar-refractivity contribution in [3.05, 3.63) is 40.2 Å². The maximum atomic E-state index is 11.7. The molecule has 0 unspecified atom stereocenters. The molecule has 0 bridgehead atoms. The molecule has 0 fully saturated rings. The fourth-order valence-electron chi connectivity index (χ4n) is 2.38. The Morgan fingerprint density at radius 2 is 1.88 bits per heavy atom. The van der Waals surface area contributed by atoms with Crippen molar-refractivity contribution in [3.63, 3.8) is 0 Å². The smallest absolute Gasteiger partial charge is 0.303 e. The van der Waals surface area contributed by atoms with E-state index < -0.39 is 5.97 Å². The molecule has 2 aromatic rings. The third kappa shape index (κ3) is 5.77. The second-order valence-electron chi connectivity index (χ2n) is 5.58. The number of nitrogens with zero attached hydrogens (tertiary/aromatic N) is 1. The van der Waals surface area contributed by atoms with Gasteiger partial charge in [-0.1, -0.05) is 30.3 Å². The molecule has 24 heavy (non-hydrogen) atoms. The van der Waals surface area contributed by atoms with Crippen LogP contribution in [0.15, 0.2) is 30.3 Å². The highest BCUT2D eigenvalue weighted by Crippen LogP contribution is 2.27. The minimum Gasteiger partial charge on any atom is -0.481 e. The van der Waals surface area contributed by atoms with Gasteiger partial charge in [0.25, 0.3) is 0 Å². The molecule has 0 saturated carbocycles. The molecule has 0 saturated heterocycles. The number of rotatable bonds is 9. The van der Waals surface area contributed by atoms with Gasteiger partial charge in [0.2, 0.25) is 5.91 Å². The highest BCUT2D eigenvalue weighted by Gasteiger charge is 2.10. The molecule has 0 atom stereocenters. The van der Waals surface area contributed by atoms with Gasteiger partial charge < -0.3 is 10.4 Å². The van der Waals surface area contributed by atoms with Gasteiger partial charge in [-0.3, -0.25) is 9.59 Å². The maximum absolute atomic E-state index is 11.7. The lowest BCUT2D eigenvalue weighted by atomic mass is 10.1.